The highest BCUT2D eigenvalue weighted by molar-refractivity contribution is 7.89. The minimum Gasteiger partial charge on any atom is -0.369 e. The predicted molar refractivity (Wildman–Crippen MR) is 106 cm³/mol. The van der Waals surface area contributed by atoms with Gasteiger partial charge in [-0.15, -0.1) is 0 Å². The van der Waals surface area contributed by atoms with E-state index in [9.17, 15) is 8.42 Å². The van der Waals surface area contributed by atoms with Crippen molar-refractivity contribution in [2.45, 2.75) is 4.90 Å². The van der Waals surface area contributed by atoms with Gasteiger partial charge in [-0.3, -0.25) is 0 Å². The summed E-state index contributed by atoms with van der Waals surface area (Å²) in [5, 5.41) is 1.90. The van der Waals surface area contributed by atoms with Gasteiger partial charge in [-0.05, 0) is 29.7 Å². The lowest BCUT2D eigenvalue weighted by molar-refractivity contribution is 0.385. The number of rotatable bonds is 3. The maximum Gasteiger partial charge on any atom is 0.243 e. The van der Waals surface area contributed by atoms with E-state index >= 15 is 0 Å². The van der Waals surface area contributed by atoms with E-state index in [0.29, 0.717) is 36.6 Å². The van der Waals surface area contributed by atoms with Crippen LogP contribution in [0.25, 0.3) is 10.8 Å². The van der Waals surface area contributed by atoms with Crippen LogP contribution in [-0.2, 0) is 10.0 Å². The molecule has 26 heavy (non-hydrogen) atoms. The Morgan fingerprint density at radius 2 is 1.42 bits per heavy atom. The second kappa shape index (κ2) is 6.91. The summed E-state index contributed by atoms with van der Waals surface area (Å²) in [5.74, 6) is 0. The lowest BCUT2D eigenvalue weighted by atomic mass is 10.1. The highest BCUT2D eigenvalue weighted by Gasteiger charge is 2.30. The van der Waals surface area contributed by atoms with Crippen LogP contribution in [0, 0.1) is 0 Å². The number of hydrogen-bond acceptors (Lipinski definition) is 3. The summed E-state index contributed by atoms with van der Waals surface area (Å²) in [6.45, 7) is 2.25. The van der Waals surface area contributed by atoms with Gasteiger partial charge < -0.3 is 4.90 Å². The van der Waals surface area contributed by atoms with Gasteiger partial charge in [0, 0.05) is 42.3 Å². The van der Waals surface area contributed by atoms with Crippen molar-refractivity contribution in [1.82, 2.24) is 4.31 Å². The summed E-state index contributed by atoms with van der Waals surface area (Å²) < 4.78 is 28.1. The van der Waals surface area contributed by atoms with Crippen molar-refractivity contribution >= 4 is 38.1 Å². The third-order valence-electron chi connectivity index (χ3n) is 4.79. The molecule has 0 spiro atoms. The average molecular weight is 387 g/mol. The van der Waals surface area contributed by atoms with Crippen molar-refractivity contribution in [3.63, 3.8) is 0 Å². The molecule has 134 valence electrons. The summed E-state index contributed by atoms with van der Waals surface area (Å²) in [5.41, 5.74) is 1.12. The van der Waals surface area contributed by atoms with E-state index in [2.05, 4.69) is 17.0 Å². The first-order valence-electron chi connectivity index (χ1n) is 8.55. The molecule has 0 atom stereocenters. The number of para-hydroxylation sites is 1. The van der Waals surface area contributed by atoms with Gasteiger partial charge in [-0.25, -0.2) is 8.42 Å². The molecule has 0 unspecified atom stereocenters. The highest BCUT2D eigenvalue weighted by atomic mass is 35.5. The van der Waals surface area contributed by atoms with Gasteiger partial charge in [0.1, 0.15) is 0 Å². The lowest BCUT2D eigenvalue weighted by Crippen LogP contribution is -2.48. The number of hydrogen-bond donors (Lipinski definition) is 0. The Morgan fingerprint density at radius 3 is 2.12 bits per heavy atom. The summed E-state index contributed by atoms with van der Waals surface area (Å²) in [4.78, 5) is 2.50. The molecule has 3 aromatic rings. The molecule has 1 aliphatic heterocycles. The second-order valence-corrected chi connectivity index (χ2v) is 8.63. The van der Waals surface area contributed by atoms with Crippen LogP contribution in [-0.4, -0.2) is 38.9 Å². The fraction of sp³-hybridized carbons (Fsp3) is 0.200. The number of nitrogens with zero attached hydrogens (tertiary/aromatic N) is 2. The zero-order chi connectivity index (χ0) is 18.1. The Balaban J connectivity index is 1.63. The van der Waals surface area contributed by atoms with E-state index in [1.54, 1.807) is 22.5 Å². The van der Waals surface area contributed by atoms with E-state index in [1.165, 1.54) is 0 Å². The van der Waals surface area contributed by atoms with E-state index in [1.807, 2.05) is 36.4 Å². The van der Waals surface area contributed by atoms with Crippen LogP contribution in [0.1, 0.15) is 0 Å². The summed E-state index contributed by atoms with van der Waals surface area (Å²) in [6, 6.07) is 20.8. The van der Waals surface area contributed by atoms with Crippen LogP contribution in [0.2, 0.25) is 5.02 Å². The molecule has 6 heteroatoms. The average Bonchev–Trinajstić information content (AvgIpc) is 2.68. The SMILES string of the molecule is O=S(=O)(c1cccc2cccc(Cl)c12)N1CCN(c2ccccc2)CC1. The molecule has 0 aliphatic carbocycles. The molecule has 0 radical (unpaired) electrons. The molecule has 0 aromatic heterocycles. The molecular formula is C20H19ClN2O2S. The van der Waals surface area contributed by atoms with Crippen molar-refractivity contribution in [1.29, 1.82) is 0 Å². The smallest absolute Gasteiger partial charge is 0.243 e. The quantitative estimate of drug-likeness (QED) is 0.683. The Bertz CT molecular complexity index is 1020. The monoisotopic (exact) mass is 386 g/mol. The lowest BCUT2D eigenvalue weighted by Gasteiger charge is -2.35. The van der Waals surface area contributed by atoms with E-state index in [-0.39, 0.29) is 4.90 Å². The van der Waals surface area contributed by atoms with Crippen molar-refractivity contribution in [2.75, 3.05) is 31.1 Å². The molecule has 3 aromatic carbocycles. The maximum absolute atomic E-state index is 13.2. The van der Waals surface area contributed by atoms with Crippen LogP contribution < -0.4 is 4.90 Å². The predicted octanol–water partition coefficient (Wildman–Crippen LogP) is 4.00. The van der Waals surface area contributed by atoms with Gasteiger partial charge in [-0.2, -0.15) is 4.31 Å². The maximum atomic E-state index is 13.2. The second-order valence-electron chi connectivity index (χ2n) is 6.32. The van der Waals surface area contributed by atoms with Gasteiger partial charge >= 0.3 is 0 Å². The fourth-order valence-electron chi connectivity index (χ4n) is 3.44. The van der Waals surface area contributed by atoms with Crippen LogP contribution in [0.3, 0.4) is 0 Å². The first-order chi connectivity index (χ1) is 12.6. The third-order valence-corrected chi connectivity index (χ3v) is 7.05. The number of piperazine rings is 1. The van der Waals surface area contributed by atoms with Gasteiger partial charge in [0.15, 0.2) is 0 Å². The molecule has 1 fully saturated rings. The zero-order valence-electron chi connectivity index (χ0n) is 14.2. The van der Waals surface area contributed by atoms with Crippen LogP contribution in [0.4, 0.5) is 5.69 Å². The standard InChI is InChI=1S/C20H19ClN2O2S/c21-18-10-4-6-16-7-5-11-19(20(16)18)26(24,25)23-14-12-22(13-15-23)17-8-2-1-3-9-17/h1-11H,12-15H2. The van der Waals surface area contributed by atoms with Gasteiger partial charge in [0.2, 0.25) is 10.0 Å². The normalized spacial score (nSPS) is 16.1. The van der Waals surface area contributed by atoms with Crippen LogP contribution in [0.5, 0.6) is 0 Å². The number of benzene rings is 3. The number of sulfonamides is 1. The molecule has 0 saturated carbocycles. The first-order valence-corrected chi connectivity index (χ1v) is 10.4. The number of halogens is 1. The topological polar surface area (TPSA) is 40.6 Å². The van der Waals surface area contributed by atoms with Crippen LogP contribution in [0.15, 0.2) is 71.6 Å². The van der Waals surface area contributed by atoms with Crippen molar-refractivity contribution in [3.8, 4) is 0 Å². The fourth-order valence-corrected chi connectivity index (χ4v) is 5.44. The molecule has 1 saturated heterocycles. The van der Waals surface area contributed by atoms with E-state index in [0.717, 1.165) is 11.1 Å². The molecule has 0 N–H and O–H groups in total. The molecule has 4 nitrogen and oxygen atoms in total. The van der Waals surface area contributed by atoms with E-state index < -0.39 is 10.0 Å². The van der Waals surface area contributed by atoms with Crippen molar-refractivity contribution < 1.29 is 8.42 Å². The van der Waals surface area contributed by atoms with Crippen molar-refractivity contribution in [2.24, 2.45) is 0 Å². The molecule has 0 amide bonds. The Hall–Kier alpha value is -2.08. The zero-order valence-corrected chi connectivity index (χ0v) is 15.7. The Morgan fingerprint density at radius 1 is 0.769 bits per heavy atom. The van der Waals surface area contributed by atoms with Crippen LogP contribution >= 0.6 is 11.6 Å². The minimum absolute atomic E-state index is 0.286. The molecular weight excluding hydrogens is 368 g/mol. The van der Waals surface area contributed by atoms with Gasteiger partial charge in [0.25, 0.3) is 0 Å². The number of anilines is 1. The highest BCUT2D eigenvalue weighted by Crippen LogP contribution is 2.32. The largest absolute Gasteiger partial charge is 0.369 e. The minimum atomic E-state index is -3.59. The molecule has 1 aliphatic rings. The summed E-state index contributed by atoms with van der Waals surface area (Å²) >= 11 is 6.32. The first kappa shape index (κ1) is 17.3. The summed E-state index contributed by atoms with van der Waals surface area (Å²) in [7, 11) is -3.59. The molecule has 0 bridgehead atoms. The summed E-state index contributed by atoms with van der Waals surface area (Å²) in [6.07, 6.45) is 0. The number of fused-ring (bicyclic) bond motifs is 1. The van der Waals surface area contributed by atoms with Crippen molar-refractivity contribution in [3.05, 3.63) is 71.8 Å². The van der Waals surface area contributed by atoms with E-state index in [4.69, 9.17) is 11.6 Å². The van der Waals surface area contributed by atoms with Gasteiger partial charge in [0.05, 0.1) is 4.90 Å². The van der Waals surface area contributed by atoms with Gasteiger partial charge in [-0.1, -0.05) is 54.1 Å². The Kier molecular flexibility index (Phi) is 4.61. The molecule has 4 rings (SSSR count). The Labute approximate surface area is 158 Å². The molecule has 1 heterocycles. The third kappa shape index (κ3) is 3.07.